The molecule has 0 radical (unpaired) electrons. The molecule has 3 N–H and O–H groups in total. The first-order chi connectivity index (χ1) is 12.6. The first-order valence-electron chi connectivity index (χ1n) is 9.17. The Morgan fingerprint density at radius 1 is 1.00 bits per heavy atom. The van der Waals surface area contributed by atoms with Gasteiger partial charge < -0.3 is 11.1 Å². The van der Waals surface area contributed by atoms with Crippen molar-refractivity contribution < 1.29 is 9.59 Å². The lowest BCUT2D eigenvalue weighted by Gasteiger charge is -2.24. The second-order valence-corrected chi connectivity index (χ2v) is 7.05. The Hall–Kier alpha value is -2.60. The summed E-state index contributed by atoms with van der Waals surface area (Å²) >= 11 is 0. The Labute approximate surface area is 152 Å². The van der Waals surface area contributed by atoms with Gasteiger partial charge >= 0.3 is 0 Å². The fraction of sp³-hybridized carbons (Fsp3) is 0.400. The van der Waals surface area contributed by atoms with Gasteiger partial charge in [0.2, 0.25) is 0 Å². The van der Waals surface area contributed by atoms with E-state index in [9.17, 15) is 9.59 Å². The van der Waals surface area contributed by atoms with Crippen LogP contribution in [-0.4, -0.2) is 34.7 Å². The van der Waals surface area contributed by atoms with Crippen LogP contribution in [-0.2, 0) is 0 Å². The van der Waals surface area contributed by atoms with Gasteiger partial charge in [-0.2, -0.15) is 0 Å². The van der Waals surface area contributed by atoms with Crippen molar-refractivity contribution in [1.29, 1.82) is 0 Å². The number of ketones is 1. The van der Waals surface area contributed by atoms with Gasteiger partial charge in [0.15, 0.2) is 11.6 Å². The number of carbonyl (C=O) groups is 2. The summed E-state index contributed by atoms with van der Waals surface area (Å²) in [5.41, 5.74) is 7.60. The number of nitrogens with two attached hydrogens (primary N) is 1. The maximum Gasteiger partial charge on any atom is 0.252 e. The summed E-state index contributed by atoms with van der Waals surface area (Å²) in [5.74, 6) is -0.119. The zero-order valence-electron chi connectivity index (χ0n) is 14.6. The van der Waals surface area contributed by atoms with Crippen LogP contribution in [0.4, 0.5) is 0 Å². The Balaban J connectivity index is 1.90. The molecule has 6 heteroatoms. The summed E-state index contributed by atoms with van der Waals surface area (Å²) in [6, 6.07) is 9.57. The highest BCUT2D eigenvalue weighted by Gasteiger charge is 2.36. The number of hydrogen-bond donors (Lipinski definition) is 2. The van der Waals surface area contributed by atoms with Crippen molar-refractivity contribution >= 4 is 11.7 Å². The van der Waals surface area contributed by atoms with Gasteiger partial charge in [0.1, 0.15) is 5.69 Å². The van der Waals surface area contributed by atoms with E-state index in [0.717, 1.165) is 44.3 Å². The molecule has 1 saturated heterocycles. The molecule has 0 atom stereocenters. The van der Waals surface area contributed by atoms with Crippen molar-refractivity contribution in [3.05, 3.63) is 47.3 Å². The smallest absolute Gasteiger partial charge is 0.252 e. The number of nitrogens with one attached hydrogen (secondary N) is 1. The van der Waals surface area contributed by atoms with Crippen LogP contribution < -0.4 is 11.1 Å². The molecule has 1 aliphatic carbocycles. The predicted octanol–water partition coefficient (Wildman–Crippen LogP) is 2.30. The fourth-order valence-electron chi connectivity index (χ4n) is 3.55. The predicted molar refractivity (Wildman–Crippen MR) is 97.9 cm³/mol. The maximum absolute atomic E-state index is 12.8. The van der Waals surface area contributed by atoms with Crippen LogP contribution in [0.15, 0.2) is 30.3 Å². The van der Waals surface area contributed by atoms with Crippen LogP contribution in [0, 0.1) is 5.92 Å². The van der Waals surface area contributed by atoms with Crippen molar-refractivity contribution in [2.45, 2.75) is 31.6 Å². The van der Waals surface area contributed by atoms with E-state index >= 15 is 0 Å². The van der Waals surface area contributed by atoms with Gasteiger partial charge in [0.05, 0.1) is 11.3 Å². The van der Waals surface area contributed by atoms with Crippen LogP contribution in [0.2, 0.25) is 0 Å². The van der Waals surface area contributed by atoms with Gasteiger partial charge in [-0.05, 0) is 38.8 Å². The SMILES string of the molecule is NC(=O)c1c(C(=O)C2CC2)nc(-c2ccccc2)nc1C1CCNCC1. The van der Waals surface area contributed by atoms with Gasteiger partial charge in [0.25, 0.3) is 5.91 Å². The largest absolute Gasteiger partial charge is 0.365 e. The summed E-state index contributed by atoms with van der Waals surface area (Å²) in [7, 11) is 0. The van der Waals surface area contributed by atoms with E-state index in [1.807, 2.05) is 30.3 Å². The van der Waals surface area contributed by atoms with Gasteiger partial charge in [-0.3, -0.25) is 9.59 Å². The van der Waals surface area contributed by atoms with E-state index in [-0.39, 0.29) is 28.9 Å². The summed E-state index contributed by atoms with van der Waals surface area (Å²) in [6.07, 6.45) is 3.43. The zero-order chi connectivity index (χ0) is 18.1. The van der Waals surface area contributed by atoms with E-state index in [1.165, 1.54) is 0 Å². The molecule has 4 rings (SSSR count). The Bertz CT molecular complexity index is 840. The molecule has 26 heavy (non-hydrogen) atoms. The Morgan fingerprint density at radius 3 is 2.31 bits per heavy atom. The number of piperidine rings is 1. The van der Waals surface area contributed by atoms with Crippen LogP contribution in [0.1, 0.15) is 58.1 Å². The average molecular weight is 350 g/mol. The number of carbonyl (C=O) groups excluding carboxylic acids is 2. The number of amides is 1. The molecule has 1 saturated carbocycles. The van der Waals surface area contributed by atoms with Crippen LogP contribution in [0.3, 0.4) is 0 Å². The van der Waals surface area contributed by atoms with Gasteiger partial charge in [-0.25, -0.2) is 9.97 Å². The normalized spacial score (nSPS) is 17.8. The summed E-state index contributed by atoms with van der Waals surface area (Å²) in [5, 5.41) is 3.32. The molecule has 0 bridgehead atoms. The van der Waals surface area contributed by atoms with E-state index in [4.69, 9.17) is 10.7 Å². The number of hydrogen-bond acceptors (Lipinski definition) is 5. The molecular formula is C20H22N4O2. The van der Waals surface area contributed by atoms with Crippen molar-refractivity contribution in [3.63, 3.8) is 0 Å². The molecule has 2 heterocycles. The minimum atomic E-state index is -0.609. The second-order valence-electron chi connectivity index (χ2n) is 7.05. The third-order valence-corrected chi connectivity index (χ3v) is 5.12. The van der Waals surface area contributed by atoms with Crippen molar-refractivity contribution in [3.8, 4) is 11.4 Å². The molecule has 1 aliphatic heterocycles. The number of primary amides is 1. The minimum absolute atomic E-state index is 0.0347. The summed E-state index contributed by atoms with van der Waals surface area (Å²) in [4.78, 5) is 34.3. The van der Waals surface area contributed by atoms with Gasteiger partial charge in [-0.1, -0.05) is 30.3 Å². The van der Waals surface area contributed by atoms with Gasteiger partial charge in [0, 0.05) is 17.4 Å². The zero-order valence-corrected chi connectivity index (χ0v) is 14.6. The molecule has 6 nitrogen and oxygen atoms in total. The molecule has 1 aromatic carbocycles. The monoisotopic (exact) mass is 350 g/mol. The second kappa shape index (κ2) is 6.96. The number of Topliss-reactive ketones (excluding diaryl/α,β-unsaturated/α-hetero) is 1. The standard InChI is InChI=1S/C20H22N4O2/c21-19(26)15-16(12-8-10-22-11-9-12)23-20(14-4-2-1-3-5-14)24-17(15)18(25)13-6-7-13/h1-5,12-13,22H,6-11H2,(H2,21,26). The molecule has 2 aromatic rings. The molecule has 0 spiro atoms. The lowest BCUT2D eigenvalue weighted by atomic mass is 9.89. The maximum atomic E-state index is 12.8. The Morgan fingerprint density at radius 2 is 1.69 bits per heavy atom. The van der Waals surface area contributed by atoms with Crippen LogP contribution in [0.25, 0.3) is 11.4 Å². The molecule has 2 aliphatic rings. The average Bonchev–Trinajstić information content (AvgIpc) is 3.53. The van der Waals surface area contributed by atoms with E-state index in [1.54, 1.807) is 0 Å². The quantitative estimate of drug-likeness (QED) is 0.806. The molecule has 1 amide bonds. The molecule has 0 unspecified atom stereocenters. The van der Waals surface area contributed by atoms with Crippen LogP contribution >= 0.6 is 0 Å². The Kier molecular flexibility index (Phi) is 4.51. The number of nitrogens with zero attached hydrogens (tertiary/aromatic N) is 2. The number of rotatable bonds is 5. The highest BCUT2D eigenvalue weighted by Crippen LogP contribution is 2.36. The van der Waals surface area contributed by atoms with Crippen molar-refractivity contribution in [1.82, 2.24) is 15.3 Å². The highest BCUT2D eigenvalue weighted by molar-refractivity contribution is 6.08. The third kappa shape index (κ3) is 3.24. The number of aromatic nitrogens is 2. The first-order valence-corrected chi connectivity index (χ1v) is 9.17. The summed E-state index contributed by atoms with van der Waals surface area (Å²) in [6.45, 7) is 1.72. The fourth-order valence-corrected chi connectivity index (χ4v) is 3.55. The molecule has 134 valence electrons. The number of benzene rings is 1. The first kappa shape index (κ1) is 16.8. The van der Waals surface area contributed by atoms with Crippen LogP contribution in [0.5, 0.6) is 0 Å². The topological polar surface area (TPSA) is 98.0 Å². The molecule has 2 fully saturated rings. The highest BCUT2D eigenvalue weighted by atomic mass is 16.1. The minimum Gasteiger partial charge on any atom is -0.365 e. The van der Waals surface area contributed by atoms with E-state index in [0.29, 0.717) is 11.5 Å². The lowest BCUT2D eigenvalue weighted by molar-refractivity contribution is 0.0940. The van der Waals surface area contributed by atoms with Crippen molar-refractivity contribution in [2.75, 3.05) is 13.1 Å². The van der Waals surface area contributed by atoms with Crippen molar-refractivity contribution in [2.24, 2.45) is 11.7 Å². The third-order valence-electron chi connectivity index (χ3n) is 5.12. The lowest BCUT2D eigenvalue weighted by Crippen LogP contribution is -2.30. The van der Waals surface area contributed by atoms with E-state index < -0.39 is 5.91 Å². The molecule has 1 aromatic heterocycles. The van der Waals surface area contributed by atoms with E-state index in [2.05, 4.69) is 10.3 Å². The molecular weight excluding hydrogens is 328 g/mol. The summed E-state index contributed by atoms with van der Waals surface area (Å²) < 4.78 is 0. The van der Waals surface area contributed by atoms with Gasteiger partial charge in [-0.15, -0.1) is 0 Å².